The van der Waals surface area contributed by atoms with Crippen LogP contribution in [0.4, 0.5) is 0 Å². The molecule has 78 valence electrons. The highest BCUT2D eigenvalue weighted by Gasteiger charge is 2.01. The number of nitrogens with zero attached hydrogens (tertiary/aromatic N) is 1. The highest BCUT2D eigenvalue weighted by molar-refractivity contribution is 9.10. The summed E-state index contributed by atoms with van der Waals surface area (Å²) in [5.41, 5.74) is 1.32. The number of pyridine rings is 1. The van der Waals surface area contributed by atoms with Crippen molar-refractivity contribution in [2.75, 3.05) is 0 Å². The molecule has 0 saturated carbocycles. The Morgan fingerprint density at radius 1 is 1.00 bits per heavy atom. The Balaban J connectivity index is 0.00000112. The Labute approximate surface area is 109 Å². The quantitative estimate of drug-likeness (QED) is 0.672. The maximum atomic E-state index is 3.45. The van der Waals surface area contributed by atoms with Crippen LogP contribution in [0.2, 0.25) is 0 Å². The van der Waals surface area contributed by atoms with Gasteiger partial charge in [-0.25, -0.2) is 0 Å². The van der Waals surface area contributed by atoms with Crippen molar-refractivity contribution in [1.82, 2.24) is 0 Å². The smallest absolute Gasteiger partial charge is 0.183 e. The first kappa shape index (κ1) is 12.4. The van der Waals surface area contributed by atoms with Crippen LogP contribution >= 0.6 is 15.9 Å². The fourth-order valence-electron chi connectivity index (χ4n) is 1.38. The molecule has 0 unspecified atom stereocenters. The van der Waals surface area contributed by atoms with Gasteiger partial charge in [0, 0.05) is 11.6 Å². The van der Waals surface area contributed by atoms with Crippen molar-refractivity contribution in [2.24, 2.45) is 0 Å². The second-order valence-corrected chi connectivity index (χ2v) is 4.10. The van der Waals surface area contributed by atoms with Crippen LogP contribution in [-0.4, -0.2) is 0 Å². The van der Waals surface area contributed by atoms with Gasteiger partial charge in [-0.05, 0) is 22.0 Å². The molecule has 0 radical (unpaired) electrons. The number of hydrogen-bond donors (Lipinski definition) is 0. The summed E-state index contributed by atoms with van der Waals surface area (Å²) >= 11 is 3.45. The van der Waals surface area contributed by atoms with Crippen molar-refractivity contribution in [3.63, 3.8) is 0 Å². The van der Waals surface area contributed by atoms with E-state index in [-0.39, 0.29) is 17.0 Å². The highest BCUT2D eigenvalue weighted by Crippen LogP contribution is 2.04. The van der Waals surface area contributed by atoms with Crippen molar-refractivity contribution >= 4 is 15.9 Å². The van der Waals surface area contributed by atoms with Crippen LogP contribution in [-0.2, 0) is 6.54 Å². The zero-order valence-electron chi connectivity index (χ0n) is 8.11. The molecule has 0 N–H and O–H groups in total. The second-order valence-electron chi connectivity index (χ2n) is 3.18. The summed E-state index contributed by atoms with van der Waals surface area (Å²) in [6.45, 7) is 0.917. The van der Waals surface area contributed by atoms with Crippen LogP contribution in [0, 0.1) is 0 Å². The number of halogens is 2. The highest BCUT2D eigenvalue weighted by atomic mass is 79.9. The minimum atomic E-state index is 0. The van der Waals surface area contributed by atoms with E-state index in [4.69, 9.17) is 0 Å². The molecular formula is C12H11Br2N. The molecule has 1 aromatic heterocycles. The van der Waals surface area contributed by atoms with Gasteiger partial charge in [0.05, 0.1) is 4.47 Å². The molecule has 2 aromatic rings. The van der Waals surface area contributed by atoms with Crippen molar-refractivity contribution in [3.05, 3.63) is 64.9 Å². The molecule has 1 heterocycles. The number of benzene rings is 1. The molecule has 0 atom stereocenters. The third-order valence-electron chi connectivity index (χ3n) is 2.03. The Kier molecular flexibility index (Phi) is 4.99. The predicted octanol–water partition coefficient (Wildman–Crippen LogP) is -0.211. The lowest BCUT2D eigenvalue weighted by atomic mass is 10.2. The molecule has 0 spiro atoms. The average molecular weight is 329 g/mol. The molecule has 0 amide bonds. The van der Waals surface area contributed by atoms with E-state index < -0.39 is 0 Å². The summed E-state index contributed by atoms with van der Waals surface area (Å²) in [5, 5.41) is 0. The first-order valence-electron chi connectivity index (χ1n) is 4.53. The summed E-state index contributed by atoms with van der Waals surface area (Å²) in [6.07, 6.45) is 4.14. The summed E-state index contributed by atoms with van der Waals surface area (Å²) in [7, 11) is 0. The van der Waals surface area contributed by atoms with Crippen molar-refractivity contribution < 1.29 is 21.5 Å². The number of hydrogen-bond acceptors (Lipinski definition) is 0. The van der Waals surface area contributed by atoms with Gasteiger partial charge >= 0.3 is 0 Å². The van der Waals surface area contributed by atoms with Gasteiger partial charge in [0.15, 0.2) is 18.9 Å². The molecule has 0 aliphatic carbocycles. The van der Waals surface area contributed by atoms with Crippen LogP contribution in [0.15, 0.2) is 59.3 Å². The predicted molar refractivity (Wildman–Crippen MR) is 59.9 cm³/mol. The third kappa shape index (κ3) is 3.76. The summed E-state index contributed by atoms with van der Waals surface area (Å²) in [4.78, 5) is 0. The van der Waals surface area contributed by atoms with Crippen LogP contribution in [0.1, 0.15) is 5.56 Å². The lowest BCUT2D eigenvalue weighted by molar-refractivity contribution is -0.688. The molecule has 0 bridgehead atoms. The monoisotopic (exact) mass is 327 g/mol. The third-order valence-corrected chi connectivity index (χ3v) is 2.50. The molecular weight excluding hydrogens is 318 g/mol. The summed E-state index contributed by atoms with van der Waals surface area (Å²) in [5.74, 6) is 0. The number of aromatic nitrogens is 1. The molecule has 2 rings (SSSR count). The maximum absolute atomic E-state index is 3.45. The lowest BCUT2D eigenvalue weighted by Gasteiger charge is -1.97. The van der Waals surface area contributed by atoms with E-state index in [1.165, 1.54) is 5.56 Å². The Morgan fingerprint density at radius 3 is 2.40 bits per heavy atom. The minimum absolute atomic E-state index is 0. The molecule has 0 aliphatic heterocycles. The molecule has 0 saturated heterocycles. The van der Waals surface area contributed by atoms with E-state index in [2.05, 4.69) is 57.2 Å². The zero-order valence-corrected chi connectivity index (χ0v) is 11.3. The minimum Gasteiger partial charge on any atom is -1.00 e. The molecule has 1 aromatic carbocycles. The van der Waals surface area contributed by atoms with Crippen molar-refractivity contribution in [3.8, 4) is 0 Å². The fraction of sp³-hybridized carbons (Fsp3) is 0.0833. The second kappa shape index (κ2) is 6.03. The van der Waals surface area contributed by atoms with E-state index in [0.717, 1.165) is 11.0 Å². The molecule has 15 heavy (non-hydrogen) atoms. The van der Waals surface area contributed by atoms with E-state index >= 15 is 0 Å². The van der Waals surface area contributed by atoms with Gasteiger partial charge in [-0.3, -0.25) is 0 Å². The normalized spacial score (nSPS) is 9.40. The number of rotatable bonds is 2. The van der Waals surface area contributed by atoms with Gasteiger partial charge in [0.1, 0.15) is 0 Å². The molecule has 3 heteroatoms. The molecule has 0 fully saturated rings. The van der Waals surface area contributed by atoms with E-state index in [0.29, 0.717) is 0 Å². The summed E-state index contributed by atoms with van der Waals surface area (Å²) in [6, 6.07) is 14.5. The topological polar surface area (TPSA) is 3.88 Å². The van der Waals surface area contributed by atoms with Crippen molar-refractivity contribution in [1.29, 1.82) is 0 Å². The van der Waals surface area contributed by atoms with Crippen molar-refractivity contribution in [2.45, 2.75) is 6.54 Å². The first-order valence-corrected chi connectivity index (χ1v) is 5.32. The van der Waals surface area contributed by atoms with Gasteiger partial charge in [0.25, 0.3) is 0 Å². The molecule has 0 aliphatic rings. The van der Waals surface area contributed by atoms with Gasteiger partial charge in [-0.15, -0.1) is 0 Å². The fourth-order valence-corrected chi connectivity index (χ4v) is 1.80. The Hall–Kier alpha value is -0.670. The summed E-state index contributed by atoms with van der Waals surface area (Å²) < 4.78 is 3.26. The largest absolute Gasteiger partial charge is 1.00 e. The van der Waals surface area contributed by atoms with E-state index in [9.17, 15) is 0 Å². The van der Waals surface area contributed by atoms with Gasteiger partial charge in [-0.2, -0.15) is 4.57 Å². The van der Waals surface area contributed by atoms with Gasteiger partial charge in [-0.1, -0.05) is 30.3 Å². The zero-order chi connectivity index (χ0) is 9.80. The van der Waals surface area contributed by atoms with E-state index in [1.807, 2.05) is 18.2 Å². The van der Waals surface area contributed by atoms with Crippen LogP contribution in [0.25, 0.3) is 0 Å². The van der Waals surface area contributed by atoms with Crippen LogP contribution in [0.5, 0.6) is 0 Å². The standard InChI is InChI=1S/C12H11BrN.BrH/c13-12-7-4-8-14(10-12)9-11-5-2-1-3-6-11;/h1-8,10H,9H2;1H/q+1;/p-1. The van der Waals surface area contributed by atoms with Crippen LogP contribution in [0.3, 0.4) is 0 Å². The first-order chi connectivity index (χ1) is 6.84. The molecule has 1 nitrogen and oxygen atoms in total. The average Bonchev–Trinajstić information content (AvgIpc) is 2.19. The van der Waals surface area contributed by atoms with Gasteiger partial charge < -0.3 is 17.0 Å². The Bertz CT molecular complexity index is 415. The lowest BCUT2D eigenvalue weighted by Crippen LogP contribution is -3.00. The van der Waals surface area contributed by atoms with Gasteiger partial charge in [0.2, 0.25) is 0 Å². The van der Waals surface area contributed by atoms with Crippen LogP contribution < -0.4 is 21.5 Å². The maximum Gasteiger partial charge on any atom is 0.183 e. The SMILES string of the molecule is Brc1ccc[n+](Cc2ccccc2)c1.[Br-]. The Morgan fingerprint density at radius 2 is 1.73 bits per heavy atom. The van der Waals surface area contributed by atoms with E-state index in [1.54, 1.807) is 0 Å².